The van der Waals surface area contributed by atoms with Crippen LogP contribution in [0.5, 0.6) is 11.5 Å². The molecule has 3 N–H and O–H groups in total. The number of amidine groups is 1. The van der Waals surface area contributed by atoms with E-state index in [1.54, 1.807) is 42.6 Å². The molecule has 2 heterocycles. The number of aliphatic hydroxyl groups is 1. The highest BCUT2D eigenvalue weighted by Crippen LogP contribution is 2.30. The van der Waals surface area contributed by atoms with Crippen LogP contribution < -0.4 is 15.4 Å². The summed E-state index contributed by atoms with van der Waals surface area (Å²) in [5.41, 5.74) is 0.443. The summed E-state index contributed by atoms with van der Waals surface area (Å²) < 4.78 is 44.4. The van der Waals surface area contributed by atoms with Gasteiger partial charge in [0.1, 0.15) is 23.0 Å². The van der Waals surface area contributed by atoms with E-state index in [1.807, 2.05) is 0 Å². The number of nitrogens with one attached hydrogen (secondary N) is 2. The molecule has 1 atom stereocenters. The Morgan fingerprint density at radius 1 is 1.11 bits per heavy atom. The maximum atomic E-state index is 12.8. The Balaban J connectivity index is 1.41. The number of nitrogens with zero attached hydrogens (tertiary/aromatic N) is 2. The van der Waals surface area contributed by atoms with Crippen molar-refractivity contribution in [3.63, 3.8) is 0 Å². The number of amides is 1. The zero-order chi connectivity index (χ0) is 24.8. The molecule has 1 aromatic heterocycles. The molecule has 1 unspecified atom stereocenters. The van der Waals surface area contributed by atoms with E-state index < -0.39 is 23.8 Å². The minimum absolute atomic E-state index is 0.0478. The molecule has 35 heavy (non-hydrogen) atoms. The van der Waals surface area contributed by atoms with E-state index in [-0.39, 0.29) is 5.69 Å². The summed E-state index contributed by atoms with van der Waals surface area (Å²) in [6.07, 6.45) is -0.677. The van der Waals surface area contributed by atoms with Crippen LogP contribution >= 0.6 is 0 Å². The van der Waals surface area contributed by atoms with E-state index in [9.17, 15) is 23.1 Å². The minimum atomic E-state index is -4.49. The fraction of sp³-hybridized carbons (Fsp3) is 0.160. The summed E-state index contributed by atoms with van der Waals surface area (Å²) in [4.78, 5) is 20.7. The zero-order valence-electron chi connectivity index (χ0n) is 18.3. The summed E-state index contributed by atoms with van der Waals surface area (Å²) in [6, 6.07) is 14.8. The average molecular weight is 482 g/mol. The number of pyridine rings is 1. The number of β-amino-alcohol motifs (C(OH)–C–C–N with tert-alkyl or cyclic N) is 1. The number of hydrogen-bond donors (Lipinski definition) is 3. The standard InChI is InChI=1S/C25H21F3N4O3/c26-25(27,28)17-4-2-5-18(12-17)32-23(34)8-7-16-3-1-6-20(11-16)35-21-9-10-29-22(13-21)24-30-14-19(33)15-31-24/h1-13,19,33H,14-15H2,(H,30,31)(H,32,34). The highest BCUT2D eigenvalue weighted by molar-refractivity contribution is 6.02. The van der Waals surface area contributed by atoms with Crippen molar-refractivity contribution < 1.29 is 27.8 Å². The van der Waals surface area contributed by atoms with Gasteiger partial charge in [0.05, 0.1) is 18.2 Å². The summed E-state index contributed by atoms with van der Waals surface area (Å²) >= 11 is 0. The van der Waals surface area contributed by atoms with Crippen LogP contribution in [-0.4, -0.2) is 41.0 Å². The summed E-state index contributed by atoms with van der Waals surface area (Å²) in [6.45, 7) is 0.687. The number of aliphatic hydroxyl groups excluding tert-OH is 1. The van der Waals surface area contributed by atoms with Crippen molar-refractivity contribution in [3.05, 3.63) is 89.8 Å². The third kappa shape index (κ3) is 6.67. The first-order valence-corrected chi connectivity index (χ1v) is 10.6. The molecule has 0 saturated carbocycles. The Kier molecular flexibility index (Phi) is 7.11. The highest BCUT2D eigenvalue weighted by atomic mass is 19.4. The van der Waals surface area contributed by atoms with Crippen molar-refractivity contribution in [2.75, 3.05) is 18.4 Å². The van der Waals surface area contributed by atoms with E-state index in [0.29, 0.717) is 41.7 Å². The number of alkyl halides is 3. The second-order valence-electron chi connectivity index (χ2n) is 7.68. The first-order valence-electron chi connectivity index (χ1n) is 10.6. The van der Waals surface area contributed by atoms with Crippen LogP contribution in [0.15, 0.2) is 77.9 Å². The summed E-state index contributed by atoms with van der Waals surface area (Å²) in [5, 5.41) is 15.0. The number of aromatic nitrogens is 1. The fourth-order valence-corrected chi connectivity index (χ4v) is 3.25. The van der Waals surface area contributed by atoms with E-state index >= 15 is 0 Å². The molecule has 0 fully saturated rings. The predicted octanol–water partition coefficient (Wildman–Crippen LogP) is 4.26. The van der Waals surface area contributed by atoms with Crippen LogP contribution in [0.25, 0.3) is 6.08 Å². The van der Waals surface area contributed by atoms with Crippen LogP contribution in [-0.2, 0) is 11.0 Å². The van der Waals surface area contributed by atoms with E-state index in [4.69, 9.17) is 4.74 Å². The van der Waals surface area contributed by atoms with Gasteiger partial charge in [0, 0.05) is 30.6 Å². The Morgan fingerprint density at radius 2 is 1.91 bits per heavy atom. The minimum Gasteiger partial charge on any atom is -0.457 e. The van der Waals surface area contributed by atoms with Crippen molar-refractivity contribution in [2.24, 2.45) is 4.99 Å². The molecular weight excluding hydrogens is 461 g/mol. The van der Waals surface area contributed by atoms with Crippen molar-refractivity contribution in [1.82, 2.24) is 10.3 Å². The van der Waals surface area contributed by atoms with Crippen molar-refractivity contribution in [2.45, 2.75) is 12.3 Å². The lowest BCUT2D eigenvalue weighted by Gasteiger charge is -2.18. The zero-order valence-corrected chi connectivity index (χ0v) is 18.3. The van der Waals surface area contributed by atoms with Crippen LogP contribution in [0.1, 0.15) is 16.8 Å². The number of rotatable bonds is 6. The monoisotopic (exact) mass is 482 g/mol. The van der Waals surface area contributed by atoms with Crippen LogP contribution in [0.2, 0.25) is 0 Å². The van der Waals surface area contributed by atoms with Crippen LogP contribution in [0, 0.1) is 0 Å². The fourth-order valence-electron chi connectivity index (χ4n) is 3.25. The molecule has 0 bridgehead atoms. The molecule has 7 nitrogen and oxygen atoms in total. The predicted molar refractivity (Wildman–Crippen MR) is 125 cm³/mol. The maximum Gasteiger partial charge on any atom is 0.416 e. The van der Waals surface area contributed by atoms with Crippen LogP contribution in [0.3, 0.4) is 0 Å². The number of anilines is 1. The second-order valence-corrected chi connectivity index (χ2v) is 7.68. The van der Waals surface area contributed by atoms with Gasteiger partial charge < -0.3 is 20.5 Å². The molecule has 1 amide bonds. The summed E-state index contributed by atoms with van der Waals surface area (Å²) in [5.74, 6) is 1.04. The first-order chi connectivity index (χ1) is 16.8. The Bertz CT molecular complexity index is 1270. The first kappa shape index (κ1) is 24.0. The number of hydrogen-bond acceptors (Lipinski definition) is 6. The van der Waals surface area contributed by atoms with Crippen molar-refractivity contribution in [1.29, 1.82) is 0 Å². The Morgan fingerprint density at radius 3 is 2.69 bits per heavy atom. The molecule has 10 heteroatoms. The molecule has 4 rings (SSSR count). The molecule has 1 aliphatic heterocycles. The number of benzene rings is 2. The number of halogens is 3. The van der Waals surface area contributed by atoms with Crippen molar-refractivity contribution >= 4 is 23.5 Å². The van der Waals surface area contributed by atoms with Gasteiger partial charge in [-0.2, -0.15) is 13.2 Å². The van der Waals surface area contributed by atoms with Gasteiger partial charge in [-0.15, -0.1) is 0 Å². The smallest absolute Gasteiger partial charge is 0.416 e. The number of carbonyl (C=O) groups excluding carboxylic acids is 1. The molecule has 0 aliphatic carbocycles. The van der Waals surface area contributed by atoms with Gasteiger partial charge >= 0.3 is 6.18 Å². The second kappa shape index (κ2) is 10.4. The van der Waals surface area contributed by atoms with Gasteiger partial charge in [-0.05, 0) is 48.0 Å². The molecule has 2 aromatic carbocycles. The van der Waals surface area contributed by atoms with E-state index in [2.05, 4.69) is 20.6 Å². The van der Waals surface area contributed by atoms with Gasteiger partial charge in [0.15, 0.2) is 0 Å². The Labute approximate surface area is 199 Å². The average Bonchev–Trinajstić information content (AvgIpc) is 2.83. The lowest BCUT2D eigenvalue weighted by molar-refractivity contribution is -0.137. The topological polar surface area (TPSA) is 95.8 Å². The third-order valence-electron chi connectivity index (χ3n) is 4.92. The SMILES string of the molecule is O=C(C=Cc1cccc(Oc2ccnc(C3=NCC(O)CN3)c2)c1)Nc1cccc(C(F)(F)F)c1. The quantitative estimate of drug-likeness (QED) is 0.457. The Hall–Kier alpha value is -4.18. The number of aliphatic imine (C=N–C) groups is 1. The van der Waals surface area contributed by atoms with Crippen LogP contribution in [0.4, 0.5) is 18.9 Å². The molecule has 0 radical (unpaired) electrons. The normalized spacial score (nSPS) is 15.9. The van der Waals surface area contributed by atoms with Gasteiger partial charge in [-0.3, -0.25) is 14.8 Å². The van der Waals surface area contributed by atoms with Crippen molar-refractivity contribution in [3.8, 4) is 11.5 Å². The molecule has 180 valence electrons. The van der Waals surface area contributed by atoms with Gasteiger partial charge in [0.25, 0.3) is 0 Å². The highest BCUT2D eigenvalue weighted by Gasteiger charge is 2.30. The molecule has 0 spiro atoms. The third-order valence-corrected chi connectivity index (χ3v) is 4.92. The number of ether oxygens (including phenoxy) is 1. The largest absolute Gasteiger partial charge is 0.457 e. The molecule has 1 aliphatic rings. The van der Waals surface area contributed by atoms with E-state index in [0.717, 1.165) is 12.1 Å². The maximum absolute atomic E-state index is 12.8. The van der Waals surface area contributed by atoms with Gasteiger partial charge in [-0.1, -0.05) is 18.2 Å². The molecule has 3 aromatic rings. The lowest BCUT2D eigenvalue weighted by atomic mass is 10.2. The molecule has 0 saturated heterocycles. The number of carbonyl (C=O) groups is 1. The molecular formula is C25H21F3N4O3. The van der Waals surface area contributed by atoms with Gasteiger partial charge in [-0.25, -0.2) is 0 Å². The lowest BCUT2D eigenvalue weighted by Crippen LogP contribution is -2.39. The van der Waals surface area contributed by atoms with Gasteiger partial charge in [0.2, 0.25) is 5.91 Å². The summed E-state index contributed by atoms with van der Waals surface area (Å²) in [7, 11) is 0. The van der Waals surface area contributed by atoms with E-state index in [1.165, 1.54) is 24.3 Å².